The summed E-state index contributed by atoms with van der Waals surface area (Å²) in [7, 11) is 0. The number of hydrogen-bond donors (Lipinski definition) is 1. The second-order valence-corrected chi connectivity index (χ2v) is 6.76. The Bertz CT molecular complexity index is 251. The Morgan fingerprint density at radius 1 is 1.24 bits per heavy atom. The Morgan fingerprint density at radius 3 is 2.71 bits per heavy atom. The molecule has 2 nitrogen and oxygen atoms in total. The highest BCUT2D eigenvalue weighted by atomic mass is 16.5. The predicted molar refractivity (Wildman–Crippen MR) is 72.2 cm³/mol. The second kappa shape index (κ2) is 5.27. The van der Waals surface area contributed by atoms with Crippen LogP contribution in [0.3, 0.4) is 0 Å². The zero-order chi connectivity index (χ0) is 12.4. The lowest BCUT2D eigenvalue weighted by molar-refractivity contribution is -0.0992. The van der Waals surface area contributed by atoms with Gasteiger partial charge >= 0.3 is 0 Å². The Kier molecular flexibility index (Phi) is 4.14. The summed E-state index contributed by atoms with van der Waals surface area (Å²) in [5.74, 6) is 0. The van der Waals surface area contributed by atoms with Crippen LogP contribution in [0.25, 0.3) is 0 Å². The van der Waals surface area contributed by atoms with E-state index in [0.717, 1.165) is 13.2 Å². The summed E-state index contributed by atoms with van der Waals surface area (Å²) in [5, 5.41) is 3.72. The van der Waals surface area contributed by atoms with Crippen molar-refractivity contribution in [1.29, 1.82) is 0 Å². The molecule has 1 aliphatic heterocycles. The van der Waals surface area contributed by atoms with Crippen LogP contribution in [-0.4, -0.2) is 24.8 Å². The molecule has 1 saturated heterocycles. The van der Waals surface area contributed by atoms with E-state index < -0.39 is 0 Å². The van der Waals surface area contributed by atoms with E-state index >= 15 is 0 Å². The van der Waals surface area contributed by atoms with Gasteiger partial charge in [0.15, 0.2) is 0 Å². The van der Waals surface area contributed by atoms with Crippen LogP contribution < -0.4 is 5.32 Å². The van der Waals surface area contributed by atoms with Gasteiger partial charge in [-0.2, -0.15) is 0 Å². The lowest BCUT2D eigenvalue weighted by Crippen LogP contribution is -2.57. The number of morpholine rings is 1. The van der Waals surface area contributed by atoms with Gasteiger partial charge in [-0.1, -0.05) is 40.0 Å². The fourth-order valence-electron chi connectivity index (χ4n) is 3.70. The SMILES string of the molecule is CCCCCC1NCCOC12CCC(C)(C)C2. The van der Waals surface area contributed by atoms with E-state index in [1.807, 2.05) is 0 Å². The van der Waals surface area contributed by atoms with Gasteiger partial charge in [-0.25, -0.2) is 0 Å². The van der Waals surface area contributed by atoms with Gasteiger partial charge in [0.25, 0.3) is 0 Å². The zero-order valence-electron chi connectivity index (χ0n) is 11.8. The van der Waals surface area contributed by atoms with Crippen LogP contribution in [0.1, 0.15) is 65.7 Å². The predicted octanol–water partition coefficient (Wildman–Crippen LogP) is 3.50. The normalized spacial score (nSPS) is 36.5. The van der Waals surface area contributed by atoms with Crippen LogP contribution in [0.5, 0.6) is 0 Å². The maximum atomic E-state index is 6.24. The molecule has 17 heavy (non-hydrogen) atoms. The lowest BCUT2D eigenvalue weighted by atomic mass is 9.83. The van der Waals surface area contributed by atoms with Crippen molar-refractivity contribution in [2.45, 2.75) is 77.4 Å². The average molecular weight is 239 g/mol. The molecule has 2 rings (SSSR count). The smallest absolute Gasteiger partial charge is 0.0840 e. The number of nitrogens with one attached hydrogen (secondary N) is 1. The quantitative estimate of drug-likeness (QED) is 0.758. The number of rotatable bonds is 4. The highest BCUT2D eigenvalue weighted by Gasteiger charge is 2.49. The topological polar surface area (TPSA) is 21.3 Å². The molecule has 1 N–H and O–H groups in total. The van der Waals surface area contributed by atoms with Gasteiger partial charge in [-0.3, -0.25) is 0 Å². The minimum Gasteiger partial charge on any atom is -0.372 e. The van der Waals surface area contributed by atoms with Gasteiger partial charge in [0.2, 0.25) is 0 Å². The highest BCUT2D eigenvalue weighted by molar-refractivity contribution is 5.04. The number of ether oxygens (including phenoxy) is 1. The van der Waals surface area contributed by atoms with Crippen LogP contribution in [0.4, 0.5) is 0 Å². The Labute approximate surface area is 107 Å². The molecule has 0 bridgehead atoms. The molecule has 2 fully saturated rings. The van der Waals surface area contributed by atoms with Crippen LogP contribution in [-0.2, 0) is 4.74 Å². The Hall–Kier alpha value is -0.0800. The van der Waals surface area contributed by atoms with E-state index in [9.17, 15) is 0 Å². The van der Waals surface area contributed by atoms with Crippen LogP contribution >= 0.6 is 0 Å². The largest absolute Gasteiger partial charge is 0.372 e. The summed E-state index contributed by atoms with van der Waals surface area (Å²) in [6, 6.07) is 0.601. The van der Waals surface area contributed by atoms with E-state index in [1.165, 1.54) is 44.9 Å². The third-order valence-electron chi connectivity index (χ3n) is 4.62. The summed E-state index contributed by atoms with van der Waals surface area (Å²) in [6.45, 7) is 9.00. The van der Waals surface area contributed by atoms with Crippen molar-refractivity contribution < 1.29 is 4.74 Å². The monoisotopic (exact) mass is 239 g/mol. The molecular weight excluding hydrogens is 210 g/mol. The van der Waals surface area contributed by atoms with E-state index in [-0.39, 0.29) is 5.60 Å². The van der Waals surface area contributed by atoms with E-state index in [4.69, 9.17) is 4.74 Å². The minimum atomic E-state index is 0.162. The molecule has 1 spiro atoms. The average Bonchev–Trinajstić information content (AvgIpc) is 2.58. The summed E-state index contributed by atoms with van der Waals surface area (Å²) < 4.78 is 6.24. The fraction of sp³-hybridized carbons (Fsp3) is 1.00. The standard InChI is InChI=1S/C15H29NO/c1-4-5-6-7-13-15(17-11-10-16-13)9-8-14(2,3)12-15/h13,16H,4-12H2,1-3H3. The second-order valence-electron chi connectivity index (χ2n) is 6.76. The molecule has 1 heterocycles. The van der Waals surface area contributed by atoms with Crippen LogP contribution in [0.2, 0.25) is 0 Å². The van der Waals surface area contributed by atoms with Gasteiger partial charge in [0, 0.05) is 12.6 Å². The van der Waals surface area contributed by atoms with Crippen LogP contribution in [0, 0.1) is 5.41 Å². The molecule has 100 valence electrons. The van der Waals surface area contributed by atoms with Crippen molar-refractivity contribution in [2.75, 3.05) is 13.2 Å². The van der Waals surface area contributed by atoms with E-state index in [1.54, 1.807) is 0 Å². The number of hydrogen-bond acceptors (Lipinski definition) is 2. The number of unbranched alkanes of at least 4 members (excludes halogenated alkanes) is 2. The van der Waals surface area contributed by atoms with Gasteiger partial charge in [-0.05, 0) is 31.1 Å². The third-order valence-corrected chi connectivity index (χ3v) is 4.62. The van der Waals surface area contributed by atoms with Gasteiger partial charge in [0.1, 0.15) is 0 Å². The third kappa shape index (κ3) is 3.03. The minimum absolute atomic E-state index is 0.162. The Morgan fingerprint density at radius 2 is 2.06 bits per heavy atom. The first-order chi connectivity index (χ1) is 8.08. The lowest BCUT2D eigenvalue weighted by Gasteiger charge is -2.43. The summed E-state index contributed by atoms with van der Waals surface area (Å²) in [6.07, 6.45) is 9.12. The molecule has 0 aromatic carbocycles. The van der Waals surface area contributed by atoms with Crippen LogP contribution in [0.15, 0.2) is 0 Å². The van der Waals surface area contributed by atoms with Gasteiger partial charge in [0.05, 0.1) is 12.2 Å². The first kappa shape index (κ1) is 13.4. The molecule has 1 saturated carbocycles. The summed E-state index contributed by atoms with van der Waals surface area (Å²) in [4.78, 5) is 0. The first-order valence-corrected chi connectivity index (χ1v) is 7.45. The fourth-order valence-corrected chi connectivity index (χ4v) is 3.70. The van der Waals surface area contributed by atoms with Crippen molar-refractivity contribution in [1.82, 2.24) is 5.32 Å². The van der Waals surface area contributed by atoms with Crippen molar-refractivity contribution in [3.8, 4) is 0 Å². The molecule has 0 amide bonds. The van der Waals surface area contributed by atoms with E-state index in [2.05, 4.69) is 26.1 Å². The molecule has 2 heteroatoms. The summed E-state index contributed by atoms with van der Waals surface area (Å²) >= 11 is 0. The molecule has 2 atom stereocenters. The molecule has 0 radical (unpaired) electrons. The maximum Gasteiger partial charge on any atom is 0.0840 e. The van der Waals surface area contributed by atoms with Gasteiger partial charge < -0.3 is 10.1 Å². The molecule has 2 unspecified atom stereocenters. The van der Waals surface area contributed by atoms with Crippen molar-refractivity contribution >= 4 is 0 Å². The zero-order valence-corrected chi connectivity index (χ0v) is 11.8. The maximum absolute atomic E-state index is 6.24. The molecule has 1 aliphatic carbocycles. The van der Waals surface area contributed by atoms with E-state index in [0.29, 0.717) is 11.5 Å². The summed E-state index contributed by atoms with van der Waals surface area (Å²) in [5.41, 5.74) is 0.636. The van der Waals surface area contributed by atoms with Crippen molar-refractivity contribution in [3.05, 3.63) is 0 Å². The first-order valence-electron chi connectivity index (χ1n) is 7.45. The molecule has 0 aromatic rings. The van der Waals surface area contributed by atoms with Crippen molar-refractivity contribution in [3.63, 3.8) is 0 Å². The highest BCUT2D eigenvalue weighted by Crippen LogP contribution is 2.48. The van der Waals surface area contributed by atoms with Gasteiger partial charge in [-0.15, -0.1) is 0 Å². The Balaban J connectivity index is 1.97. The molecule has 2 aliphatic rings. The molecular formula is C15H29NO. The van der Waals surface area contributed by atoms with Crippen molar-refractivity contribution in [2.24, 2.45) is 5.41 Å². The molecule has 0 aromatic heterocycles.